The fourth-order valence-electron chi connectivity index (χ4n) is 1.58. The molecule has 0 aliphatic heterocycles. The molecule has 0 saturated carbocycles. The van der Waals surface area contributed by atoms with E-state index in [0.29, 0.717) is 31.2 Å². The molecule has 1 aromatic rings. The molecule has 5 nitrogen and oxygen atoms in total. The molecule has 0 aliphatic carbocycles. The van der Waals surface area contributed by atoms with E-state index in [-0.39, 0.29) is 12.2 Å². The highest BCUT2D eigenvalue weighted by Gasteiger charge is 2.17. The molecular formula is C12H22N2O3. The minimum Gasteiger partial charge on any atom is -0.393 e. The second-order valence-electron chi connectivity index (χ2n) is 4.17. The van der Waals surface area contributed by atoms with Crippen LogP contribution < -0.4 is 0 Å². The Hall–Kier alpha value is -0.940. The number of ether oxygens (including phenoxy) is 1. The lowest BCUT2D eigenvalue weighted by molar-refractivity contribution is 0.0477. The molecular weight excluding hydrogens is 220 g/mol. The van der Waals surface area contributed by atoms with Crippen LogP contribution in [0, 0.1) is 0 Å². The average molecular weight is 242 g/mol. The first kappa shape index (κ1) is 14.1. The monoisotopic (exact) mass is 242 g/mol. The summed E-state index contributed by atoms with van der Waals surface area (Å²) in [5, 5.41) is 13.1. The first-order chi connectivity index (χ1) is 8.17. The summed E-state index contributed by atoms with van der Waals surface area (Å²) in [6.45, 7) is 6.44. The highest BCUT2D eigenvalue weighted by Crippen LogP contribution is 2.20. The highest BCUT2D eigenvalue weighted by atomic mass is 16.5. The maximum atomic E-state index is 9.18. The van der Waals surface area contributed by atoms with E-state index in [4.69, 9.17) is 9.26 Å². The van der Waals surface area contributed by atoms with Gasteiger partial charge in [-0.25, -0.2) is 0 Å². The van der Waals surface area contributed by atoms with Crippen molar-refractivity contribution < 1.29 is 14.4 Å². The van der Waals surface area contributed by atoms with E-state index in [2.05, 4.69) is 17.1 Å². The van der Waals surface area contributed by atoms with Crippen molar-refractivity contribution in [1.82, 2.24) is 10.1 Å². The Balaban J connectivity index is 2.57. The summed E-state index contributed by atoms with van der Waals surface area (Å²) in [6, 6.07) is 0. The zero-order valence-corrected chi connectivity index (χ0v) is 10.8. The quantitative estimate of drug-likeness (QED) is 0.757. The molecule has 0 amide bonds. The van der Waals surface area contributed by atoms with E-state index in [1.165, 1.54) is 0 Å². The first-order valence-electron chi connectivity index (χ1n) is 6.29. The SMILES string of the molecule is CCCC(OCC)c1noc(CCC(C)O)n1. The van der Waals surface area contributed by atoms with Crippen molar-refractivity contribution in [1.29, 1.82) is 0 Å². The van der Waals surface area contributed by atoms with Crippen LogP contribution in [0.15, 0.2) is 4.52 Å². The molecule has 0 saturated heterocycles. The maximum Gasteiger partial charge on any atom is 0.226 e. The van der Waals surface area contributed by atoms with Crippen molar-refractivity contribution in [2.45, 2.75) is 58.7 Å². The van der Waals surface area contributed by atoms with Gasteiger partial charge in [0, 0.05) is 13.0 Å². The van der Waals surface area contributed by atoms with E-state index >= 15 is 0 Å². The van der Waals surface area contributed by atoms with Gasteiger partial charge < -0.3 is 14.4 Å². The third-order valence-electron chi connectivity index (χ3n) is 2.47. The van der Waals surface area contributed by atoms with Crippen molar-refractivity contribution in [3.63, 3.8) is 0 Å². The molecule has 0 radical (unpaired) electrons. The number of aryl methyl sites for hydroxylation is 1. The van der Waals surface area contributed by atoms with Crippen LogP contribution in [0.5, 0.6) is 0 Å². The second-order valence-corrected chi connectivity index (χ2v) is 4.17. The third-order valence-corrected chi connectivity index (χ3v) is 2.47. The van der Waals surface area contributed by atoms with Gasteiger partial charge in [-0.15, -0.1) is 0 Å². The molecule has 1 N–H and O–H groups in total. The van der Waals surface area contributed by atoms with Gasteiger partial charge in [0.05, 0.1) is 6.10 Å². The largest absolute Gasteiger partial charge is 0.393 e. The predicted molar refractivity (Wildman–Crippen MR) is 63.6 cm³/mol. The Bertz CT molecular complexity index is 306. The minimum atomic E-state index is -0.344. The summed E-state index contributed by atoms with van der Waals surface area (Å²) in [6.07, 6.45) is 2.73. The van der Waals surface area contributed by atoms with Gasteiger partial charge >= 0.3 is 0 Å². The Morgan fingerprint density at radius 3 is 2.71 bits per heavy atom. The van der Waals surface area contributed by atoms with Gasteiger partial charge in [-0.3, -0.25) is 0 Å². The second kappa shape index (κ2) is 7.40. The van der Waals surface area contributed by atoms with Crippen molar-refractivity contribution in [3.05, 3.63) is 11.7 Å². The number of nitrogens with zero attached hydrogens (tertiary/aromatic N) is 2. The van der Waals surface area contributed by atoms with E-state index in [9.17, 15) is 5.11 Å². The predicted octanol–water partition coefficient (Wildman–Crippen LogP) is 2.26. The number of aliphatic hydroxyl groups excluding tert-OH is 1. The lowest BCUT2D eigenvalue weighted by Gasteiger charge is -2.11. The van der Waals surface area contributed by atoms with Crippen molar-refractivity contribution in [2.24, 2.45) is 0 Å². The lowest BCUT2D eigenvalue weighted by Crippen LogP contribution is -2.06. The molecule has 0 bridgehead atoms. The number of hydrogen-bond donors (Lipinski definition) is 1. The summed E-state index contributed by atoms with van der Waals surface area (Å²) >= 11 is 0. The van der Waals surface area contributed by atoms with Crippen LogP contribution in [-0.4, -0.2) is 28.0 Å². The standard InChI is InChI=1S/C12H22N2O3/c1-4-6-10(16-5-2)12-13-11(17-14-12)8-7-9(3)15/h9-10,15H,4-8H2,1-3H3. The van der Waals surface area contributed by atoms with Crippen LogP contribution in [0.4, 0.5) is 0 Å². The molecule has 17 heavy (non-hydrogen) atoms. The molecule has 0 fully saturated rings. The van der Waals surface area contributed by atoms with E-state index in [0.717, 1.165) is 12.8 Å². The molecule has 1 rings (SSSR count). The Kier molecular flexibility index (Phi) is 6.15. The maximum absolute atomic E-state index is 9.18. The highest BCUT2D eigenvalue weighted by molar-refractivity contribution is 4.91. The van der Waals surface area contributed by atoms with Gasteiger partial charge in [-0.05, 0) is 26.7 Å². The number of aromatic nitrogens is 2. The molecule has 2 atom stereocenters. The smallest absolute Gasteiger partial charge is 0.226 e. The van der Waals surface area contributed by atoms with E-state index in [1.54, 1.807) is 6.92 Å². The molecule has 98 valence electrons. The summed E-state index contributed by atoms with van der Waals surface area (Å²) in [4.78, 5) is 4.31. The van der Waals surface area contributed by atoms with Crippen LogP contribution in [-0.2, 0) is 11.2 Å². The fraction of sp³-hybridized carbons (Fsp3) is 0.833. The fourth-order valence-corrected chi connectivity index (χ4v) is 1.58. The molecule has 1 aromatic heterocycles. The van der Waals surface area contributed by atoms with Crippen LogP contribution in [0.1, 0.15) is 57.9 Å². The van der Waals surface area contributed by atoms with Gasteiger partial charge in [0.1, 0.15) is 6.10 Å². The summed E-state index contributed by atoms with van der Waals surface area (Å²) in [5.74, 6) is 1.19. The van der Waals surface area contributed by atoms with Gasteiger partial charge in [0.2, 0.25) is 11.7 Å². The normalized spacial score (nSPS) is 14.8. The topological polar surface area (TPSA) is 68.4 Å². The Morgan fingerprint density at radius 2 is 2.12 bits per heavy atom. The molecule has 0 spiro atoms. The van der Waals surface area contributed by atoms with E-state index in [1.807, 2.05) is 6.92 Å². The Morgan fingerprint density at radius 1 is 1.35 bits per heavy atom. The van der Waals surface area contributed by atoms with Gasteiger partial charge in [0.15, 0.2) is 0 Å². The first-order valence-corrected chi connectivity index (χ1v) is 6.29. The summed E-state index contributed by atoms with van der Waals surface area (Å²) < 4.78 is 10.7. The van der Waals surface area contributed by atoms with E-state index < -0.39 is 0 Å². The van der Waals surface area contributed by atoms with Crippen molar-refractivity contribution in [3.8, 4) is 0 Å². The van der Waals surface area contributed by atoms with Crippen molar-refractivity contribution in [2.75, 3.05) is 6.61 Å². The van der Waals surface area contributed by atoms with Crippen LogP contribution in [0.2, 0.25) is 0 Å². The average Bonchev–Trinajstić information content (AvgIpc) is 2.74. The van der Waals surface area contributed by atoms with Crippen LogP contribution in [0.3, 0.4) is 0 Å². The zero-order valence-electron chi connectivity index (χ0n) is 10.8. The molecule has 0 aliphatic rings. The van der Waals surface area contributed by atoms with Crippen LogP contribution >= 0.6 is 0 Å². The molecule has 5 heteroatoms. The van der Waals surface area contributed by atoms with Gasteiger partial charge in [-0.1, -0.05) is 18.5 Å². The number of aliphatic hydroxyl groups is 1. The summed E-state index contributed by atoms with van der Waals surface area (Å²) in [5.41, 5.74) is 0. The molecule has 2 unspecified atom stereocenters. The number of rotatable bonds is 8. The zero-order chi connectivity index (χ0) is 12.7. The van der Waals surface area contributed by atoms with Gasteiger partial charge in [-0.2, -0.15) is 4.98 Å². The van der Waals surface area contributed by atoms with Crippen LogP contribution in [0.25, 0.3) is 0 Å². The third kappa shape index (κ3) is 4.83. The summed E-state index contributed by atoms with van der Waals surface area (Å²) in [7, 11) is 0. The molecule has 0 aromatic carbocycles. The Labute approximate surface area is 102 Å². The van der Waals surface area contributed by atoms with Crippen molar-refractivity contribution >= 4 is 0 Å². The molecule has 1 heterocycles. The van der Waals surface area contributed by atoms with Gasteiger partial charge in [0.25, 0.3) is 0 Å². The number of hydrogen-bond acceptors (Lipinski definition) is 5. The minimum absolute atomic E-state index is 0.0750. The lowest BCUT2D eigenvalue weighted by atomic mass is 10.2.